The van der Waals surface area contributed by atoms with Crippen LogP contribution in [0.2, 0.25) is 0 Å². The molecule has 0 radical (unpaired) electrons. The van der Waals surface area contributed by atoms with E-state index < -0.39 is 23.4 Å². The predicted octanol–water partition coefficient (Wildman–Crippen LogP) is 3.71. The number of esters is 1. The Hall–Kier alpha value is -2.76. The van der Waals surface area contributed by atoms with Crippen molar-refractivity contribution in [1.82, 2.24) is 0 Å². The van der Waals surface area contributed by atoms with Crippen LogP contribution in [0.5, 0.6) is 5.75 Å². The average molecular weight is 320 g/mol. The molecule has 0 aliphatic carbocycles. The van der Waals surface area contributed by atoms with Crippen molar-refractivity contribution in [3.8, 4) is 5.75 Å². The molecule has 0 unspecified atom stereocenters. The van der Waals surface area contributed by atoms with E-state index in [1.807, 2.05) is 0 Å². The third kappa shape index (κ3) is 2.56. The molecule has 6 heteroatoms. The summed E-state index contributed by atoms with van der Waals surface area (Å²) in [4.78, 5) is 11.6. The monoisotopic (exact) mass is 320 g/mol. The van der Waals surface area contributed by atoms with E-state index >= 15 is 0 Å². The third-order valence-electron chi connectivity index (χ3n) is 3.54. The molecule has 2 aromatic carbocycles. The molecule has 1 heterocycles. The molecule has 0 fully saturated rings. The van der Waals surface area contributed by atoms with Gasteiger partial charge in [-0.2, -0.15) is 0 Å². The Morgan fingerprint density at radius 1 is 1.09 bits per heavy atom. The summed E-state index contributed by atoms with van der Waals surface area (Å²) in [5, 5.41) is 0. The lowest BCUT2D eigenvalue weighted by atomic mass is 9.93. The predicted molar refractivity (Wildman–Crippen MR) is 76.7 cm³/mol. The van der Waals surface area contributed by atoms with Crippen LogP contribution in [0.25, 0.3) is 5.57 Å². The van der Waals surface area contributed by atoms with Crippen molar-refractivity contribution < 1.29 is 27.4 Å². The second-order valence-corrected chi connectivity index (χ2v) is 4.85. The molecule has 118 valence electrons. The van der Waals surface area contributed by atoms with Gasteiger partial charge in [-0.25, -0.2) is 18.0 Å². The first-order chi connectivity index (χ1) is 11.0. The zero-order valence-electron chi connectivity index (χ0n) is 12.0. The average Bonchev–Trinajstić information content (AvgIpc) is 2.58. The zero-order chi connectivity index (χ0) is 16.6. The number of hydrogen-bond donors (Lipinski definition) is 0. The molecule has 1 aliphatic rings. The SMILES string of the molecule is COC(=O)c1ccc2c(c1)C(c1ccc(F)c(F)c1F)=CCO2. The number of ether oxygens (including phenoxy) is 2. The minimum Gasteiger partial charge on any atom is -0.489 e. The van der Waals surface area contributed by atoms with Gasteiger partial charge < -0.3 is 9.47 Å². The Balaban J connectivity index is 2.15. The van der Waals surface area contributed by atoms with Crippen LogP contribution in [0, 0.1) is 17.5 Å². The highest BCUT2D eigenvalue weighted by Crippen LogP contribution is 2.36. The molecule has 0 atom stereocenters. The fourth-order valence-electron chi connectivity index (χ4n) is 2.42. The maximum absolute atomic E-state index is 14.1. The van der Waals surface area contributed by atoms with Gasteiger partial charge in [0.2, 0.25) is 0 Å². The van der Waals surface area contributed by atoms with Crippen LogP contribution in [-0.4, -0.2) is 19.7 Å². The first kappa shape index (κ1) is 15.1. The van der Waals surface area contributed by atoms with Gasteiger partial charge in [-0.1, -0.05) is 0 Å². The highest BCUT2D eigenvalue weighted by atomic mass is 19.2. The van der Waals surface area contributed by atoms with Gasteiger partial charge in [0, 0.05) is 11.1 Å². The number of halogens is 3. The Morgan fingerprint density at radius 2 is 1.87 bits per heavy atom. The second kappa shape index (κ2) is 5.79. The Kier molecular flexibility index (Phi) is 3.82. The van der Waals surface area contributed by atoms with Gasteiger partial charge in [-0.05, 0) is 42.0 Å². The fourth-order valence-corrected chi connectivity index (χ4v) is 2.42. The number of rotatable bonds is 2. The summed E-state index contributed by atoms with van der Waals surface area (Å²) in [6, 6.07) is 6.53. The molecule has 0 saturated heterocycles. The first-order valence-electron chi connectivity index (χ1n) is 6.72. The van der Waals surface area contributed by atoms with Crippen LogP contribution in [0.4, 0.5) is 13.2 Å². The zero-order valence-corrected chi connectivity index (χ0v) is 12.0. The normalized spacial score (nSPS) is 13.0. The third-order valence-corrected chi connectivity index (χ3v) is 3.54. The topological polar surface area (TPSA) is 35.5 Å². The van der Waals surface area contributed by atoms with Crippen molar-refractivity contribution in [3.05, 3.63) is 70.5 Å². The van der Waals surface area contributed by atoms with Crippen molar-refractivity contribution in [1.29, 1.82) is 0 Å². The lowest BCUT2D eigenvalue weighted by molar-refractivity contribution is 0.0600. The van der Waals surface area contributed by atoms with Crippen LogP contribution in [-0.2, 0) is 4.74 Å². The van der Waals surface area contributed by atoms with Crippen LogP contribution in [0.15, 0.2) is 36.4 Å². The second-order valence-electron chi connectivity index (χ2n) is 4.85. The quantitative estimate of drug-likeness (QED) is 0.625. The minimum absolute atomic E-state index is 0.101. The van der Waals surface area contributed by atoms with Crippen LogP contribution >= 0.6 is 0 Å². The summed E-state index contributed by atoms with van der Waals surface area (Å²) in [5.74, 6) is -4.24. The number of benzene rings is 2. The van der Waals surface area contributed by atoms with Crippen molar-refractivity contribution in [2.75, 3.05) is 13.7 Å². The molecule has 0 N–H and O–H groups in total. The van der Waals surface area contributed by atoms with Gasteiger partial charge >= 0.3 is 5.97 Å². The Morgan fingerprint density at radius 3 is 2.61 bits per heavy atom. The van der Waals surface area contributed by atoms with E-state index in [1.165, 1.54) is 19.2 Å². The lowest BCUT2D eigenvalue weighted by Crippen LogP contribution is -2.10. The van der Waals surface area contributed by atoms with E-state index in [4.69, 9.17) is 4.74 Å². The smallest absolute Gasteiger partial charge is 0.337 e. The Bertz CT molecular complexity index is 828. The van der Waals surface area contributed by atoms with Crippen molar-refractivity contribution in [3.63, 3.8) is 0 Å². The summed E-state index contributed by atoms with van der Waals surface area (Å²) < 4.78 is 50.8. The van der Waals surface area contributed by atoms with E-state index in [0.29, 0.717) is 16.9 Å². The molecular formula is C17H11F3O3. The molecule has 23 heavy (non-hydrogen) atoms. The summed E-state index contributed by atoms with van der Waals surface area (Å²) in [6.45, 7) is 0.151. The van der Waals surface area contributed by atoms with Crippen molar-refractivity contribution in [2.45, 2.75) is 0 Å². The van der Waals surface area contributed by atoms with Crippen LogP contribution < -0.4 is 4.74 Å². The van der Waals surface area contributed by atoms with E-state index in [-0.39, 0.29) is 17.7 Å². The number of carbonyl (C=O) groups is 1. The van der Waals surface area contributed by atoms with Crippen LogP contribution in [0.1, 0.15) is 21.5 Å². The molecular weight excluding hydrogens is 309 g/mol. The maximum Gasteiger partial charge on any atom is 0.337 e. The molecule has 2 aromatic rings. The van der Waals surface area contributed by atoms with E-state index in [9.17, 15) is 18.0 Å². The molecule has 1 aliphatic heterocycles. The largest absolute Gasteiger partial charge is 0.489 e. The van der Waals surface area contributed by atoms with Gasteiger partial charge in [-0.15, -0.1) is 0 Å². The number of carbonyl (C=O) groups excluding carboxylic acids is 1. The van der Waals surface area contributed by atoms with Crippen molar-refractivity contribution in [2.24, 2.45) is 0 Å². The van der Waals surface area contributed by atoms with E-state index in [1.54, 1.807) is 12.1 Å². The molecule has 0 amide bonds. The van der Waals surface area contributed by atoms with Gasteiger partial charge in [-0.3, -0.25) is 0 Å². The van der Waals surface area contributed by atoms with E-state index in [0.717, 1.165) is 12.1 Å². The molecule has 3 nitrogen and oxygen atoms in total. The van der Waals surface area contributed by atoms with Gasteiger partial charge in [0.05, 0.1) is 12.7 Å². The molecule has 0 spiro atoms. The number of methoxy groups -OCH3 is 1. The molecule has 0 bridgehead atoms. The molecule has 0 aromatic heterocycles. The summed E-state index contributed by atoms with van der Waals surface area (Å²) in [5.41, 5.74) is 0.874. The Labute approximate surface area is 130 Å². The van der Waals surface area contributed by atoms with E-state index in [2.05, 4.69) is 4.74 Å². The highest BCUT2D eigenvalue weighted by Gasteiger charge is 2.23. The standard InChI is InChI=1S/C17H11F3O3/c1-22-17(21)9-2-5-14-12(8-9)10(6-7-23-14)11-3-4-13(18)16(20)15(11)19/h2-6,8H,7H2,1H3. The highest BCUT2D eigenvalue weighted by molar-refractivity contribution is 5.93. The summed E-state index contributed by atoms with van der Waals surface area (Å²) in [7, 11) is 1.24. The molecule has 3 rings (SSSR count). The van der Waals surface area contributed by atoms with Crippen molar-refractivity contribution >= 4 is 11.5 Å². The lowest BCUT2D eigenvalue weighted by Gasteiger charge is -2.20. The van der Waals surface area contributed by atoms with Gasteiger partial charge in [0.1, 0.15) is 12.4 Å². The van der Waals surface area contributed by atoms with Gasteiger partial charge in [0.25, 0.3) is 0 Å². The van der Waals surface area contributed by atoms with Gasteiger partial charge in [0.15, 0.2) is 17.5 Å². The summed E-state index contributed by atoms with van der Waals surface area (Å²) in [6.07, 6.45) is 1.54. The maximum atomic E-state index is 14.1. The molecule has 0 saturated carbocycles. The first-order valence-corrected chi connectivity index (χ1v) is 6.72. The summed E-state index contributed by atoms with van der Waals surface area (Å²) >= 11 is 0. The minimum atomic E-state index is -1.54. The number of hydrogen-bond acceptors (Lipinski definition) is 3. The number of fused-ring (bicyclic) bond motifs is 1. The van der Waals surface area contributed by atoms with Crippen LogP contribution in [0.3, 0.4) is 0 Å². The fraction of sp³-hybridized carbons (Fsp3) is 0.118.